The summed E-state index contributed by atoms with van der Waals surface area (Å²) in [7, 11) is 0. The van der Waals surface area contributed by atoms with Gasteiger partial charge in [-0.2, -0.15) is 0 Å². The predicted molar refractivity (Wildman–Crippen MR) is 218 cm³/mol. The molecule has 1 heterocycles. The van der Waals surface area contributed by atoms with Crippen LogP contribution in [-0.4, -0.2) is 0 Å². The van der Waals surface area contributed by atoms with Gasteiger partial charge in [0, 0.05) is 20.2 Å². The molecule has 49 heavy (non-hydrogen) atoms. The van der Waals surface area contributed by atoms with Gasteiger partial charge in [0.2, 0.25) is 0 Å². The number of rotatable bonds is 2. The van der Waals surface area contributed by atoms with Gasteiger partial charge in [-0.05, 0) is 99.4 Å². The third kappa shape index (κ3) is 4.56. The van der Waals surface area contributed by atoms with Crippen molar-refractivity contribution in [2.45, 2.75) is 52.4 Å². The van der Waals surface area contributed by atoms with Crippen LogP contribution in [0.15, 0.2) is 133 Å². The van der Waals surface area contributed by atoms with E-state index in [1.165, 1.54) is 96.6 Å². The van der Waals surface area contributed by atoms with Crippen LogP contribution in [0.2, 0.25) is 0 Å². The van der Waals surface area contributed by atoms with Gasteiger partial charge < -0.3 is 0 Å². The van der Waals surface area contributed by atoms with Crippen molar-refractivity contribution >= 4 is 74.6 Å². The Balaban J connectivity index is 1.35. The largest absolute Gasteiger partial charge is 0.135 e. The van der Waals surface area contributed by atoms with E-state index in [2.05, 4.69) is 175 Å². The van der Waals surface area contributed by atoms with Crippen molar-refractivity contribution in [1.82, 2.24) is 0 Å². The number of benzene rings is 8. The van der Waals surface area contributed by atoms with Crippen molar-refractivity contribution in [1.29, 1.82) is 0 Å². The first-order valence-corrected chi connectivity index (χ1v) is 18.3. The highest BCUT2D eigenvalue weighted by Gasteiger charge is 2.26. The first kappa shape index (κ1) is 30.1. The molecule has 1 aromatic heterocycles. The normalized spacial score (nSPS) is 12.7. The Bertz CT molecular complexity index is 2660. The lowest BCUT2D eigenvalue weighted by Crippen LogP contribution is -2.13. The summed E-state index contributed by atoms with van der Waals surface area (Å²) in [6.07, 6.45) is 0. The number of thiophene rings is 1. The molecule has 0 aliphatic carbocycles. The summed E-state index contributed by atoms with van der Waals surface area (Å²) in [5.41, 5.74) is 8.13. The molecule has 0 nitrogen and oxygen atoms in total. The molecular weight excluding hydrogens is 609 g/mol. The molecule has 238 valence electrons. The molecule has 9 aromatic rings. The highest BCUT2D eigenvalue weighted by Crippen LogP contribution is 2.49. The summed E-state index contributed by atoms with van der Waals surface area (Å²) >= 11 is 1.92. The minimum absolute atomic E-state index is 0.00858. The molecule has 8 aromatic carbocycles. The van der Waals surface area contributed by atoms with Crippen molar-refractivity contribution in [2.75, 3.05) is 0 Å². The van der Waals surface area contributed by atoms with Gasteiger partial charge in [0.15, 0.2) is 0 Å². The lowest BCUT2D eigenvalue weighted by molar-refractivity contribution is 0.601. The first-order chi connectivity index (χ1) is 23.6. The Hall–Kier alpha value is -4.98. The SMILES string of the molecule is CC(C)(C)c1c2ccccc2c(-c2ccc3c(c2)sc2cccc(-c4c5ccccc5c(C(C)(C)C)c5ccccc45)c23)c2ccccc12. The molecule has 0 spiro atoms. The number of fused-ring (bicyclic) bond motifs is 7. The lowest BCUT2D eigenvalue weighted by Gasteiger charge is -2.26. The van der Waals surface area contributed by atoms with Crippen LogP contribution in [0.1, 0.15) is 52.7 Å². The van der Waals surface area contributed by atoms with E-state index in [4.69, 9.17) is 0 Å². The average molecular weight is 649 g/mol. The fourth-order valence-corrected chi connectivity index (χ4v) is 9.84. The van der Waals surface area contributed by atoms with Crippen molar-refractivity contribution in [2.24, 2.45) is 0 Å². The second kappa shape index (κ2) is 10.8. The molecule has 0 unspecified atom stereocenters. The number of hydrogen-bond donors (Lipinski definition) is 0. The van der Waals surface area contributed by atoms with E-state index >= 15 is 0 Å². The zero-order valence-electron chi connectivity index (χ0n) is 29.1. The maximum atomic E-state index is 2.45. The quantitative estimate of drug-likeness (QED) is 0.164. The van der Waals surface area contributed by atoms with Gasteiger partial charge in [0.1, 0.15) is 0 Å². The maximum absolute atomic E-state index is 2.45. The monoisotopic (exact) mass is 648 g/mol. The van der Waals surface area contributed by atoms with Crippen LogP contribution >= 0.6 is 11.3 Å². The summed E-state index contributed by atoms with van der Waals surface area (Å²) in [6, 6.07) is 50.2. The Morgan fingerprint density at radius 1 is 0.367 bits per heavy atom. The van der Waals surface area contributed by atoms with Crippen molar-refractivity contribution < 1.29 is 0 Å². The van der Waals surface area contributed by atoms with Crippen LogP contribution in [0.25, 0.3) is 85.5 Å². The third-order valence-electron chi connectivity index (χ3n) is 10.4. The van der Waals surface area contributed by atoms with E-state index in [0.717, 1.165) is 0 Å². The molecule has 0 fully saturated rings. The first-order valence-electron chi connectivity index (χ1n) is 17.4. The molecule has 0 radical (unpaired) electrons. The minimum atomic E-state index is 0.00858. The summed E-state index contributed by atoms with van der Waals surface area (Å²) in [4.78, 5) is 0. The molecule has 0 bridgehead atoms. The van der Waals surface area contributed by atoms with E-state index in [1.807, 2.05) is 11.3 Å². The summed E-state index contributed by atoms with van der Waals surface area (Å²) < 4.78 is 2.66. The molecule has 0 aliphatic rings. The molecule has 0 atom stereocenters. The van der Waals surface area contributed by atoms with Crippen molar-refractivity contribution in [3.05, 3.63) is 145 Å². The highest BCUT2D eigenvalue weighted by molar-refractivity contribution is 7.26. The summed E-state index contributed by atoms with van der Waals surface area (Å²) in [6.45, 7) is 14.0. The second-order valence-corrected chi connectivity index (χ2v) is 16.8. The number of hydrogen-bond acceptors (Lipinski definition) is 1. The van der Waals surface area contributed by atoms with Gasteiger partial charge in [-0.25, -0.2) is 0 Å². The van der Waals surface area contributed by atoms with E-state index in [-0.39, 0.29) is 10.8 Å². The topological polar surface area (TPSA) is 0 Å². The van der Waals surface area contributed by atoms with Crippen molar-refractivity contribution in [3.63, 3.8) is 0 Å². The third-order valence-corrected chi connectivity index (χ3v) is 11.5. The van der Waals surface area contributed by atoms with Gasteiger partial charge in [-0.1, -0.05) is 163 Å². The highest BCUT2D eigenvalue weighted by atomic mass is 32.1. The molecule has 0 N–H and O–H groups in total. The maximum Gasteiger partial charge on any atom is 0.0361 e. The Morgan fingerprint density at radius 2 is 0.796 bits per heavy atom. The van der Waals surface area contributed by atoms with Gasteiger partial charge in [-0.15, -0.1) is 11.3 Å². The Kier molecular flexibility index (Phi) is 6.61. The van der Waals surface area contributed by atoms with Gasteiger partial charge in [0.05, 0.1) is 0 Å². The van der Waals surface area contributed by atoms with Crippen LogP contribution in [0.5, 0.6) is 0 Å². The smallest absolute Gasteiger partial charge is 0.0361 e. The molecule has 9 rings (SSSR count). The van der Waals surface area contributed by atoms with Crippen LogP contribution in [0.4, 0.5) is 0 Å². The Labute approximate surface area is 292 Å². The van der Waals surface area contributed by atoms with E-state index in [0.29, 0.717) is 0 Å². The molecule has 1 heteroatoms. The average Bonchev–Trinajstić information content (AvgIpc) is 3.46. The Morgan fingerprint density at radius 3 is 1.24 bits per heavy atom. The molecule has 0 aliphatic heterocycles. The van der Waals surface area contributed by atoms with Gasteiger partial charge in [-0.3, -0.25) is 0 Å². The van der Waals surface area contributed by atoms with Crippen LogP contribution < -0.4 is 0 Å². The fourth-order valence-electron chi connectivity index (χ4n) is 8.66. The van der Waals surface area contributed by atoms with E-state index < -0.39 is 0 Å². The molecule has 0 saturated heterocycles. The second-order valence-electron chi connectivity index (χ2n) is 15.7. The van der Waals surface area contributed by atoms with Gasteiger partial charge in [0.25, 0.3) is 0 Å². The molecular formula is C48H40S. The lowest BCUT2D eigenvalue weighted by atomic mass is 9.77. The zero-order chi connectivity index (χ0) is 33.7. The minimum Gasteiger partial charge on any atom is -0.135 e. The summed E-state index contributed by atoms with van der Waals surface area (Å²) in [5.74, 6) is 0. The predicted octanol–water partition coefficient (Wildman–Crippen LogP) is 14.6. The van der Waals surface area contributed by atoms with Crippen LogP contribution in [-0.2, 0) is 10.8 Å². The van der Waals surface area contributed by atoms with E-state index in [1.54, 1.807) is 0 Å². The molecule has 0 saturated carbocycles. The summed E-state index contributed by atoms with van der Waals surface area (Å²) in [5, 5.41) is 13.4. The van der Waals surface area contributed by atoms with Gasteiger partial charge >= 0.3 is 0 Å². The standard InChI is InChI=1S/C48H40S/c1-47(2,3)45-34-20-11-7-16-30(34)42(31-17-8-12-21-35(31)45)29-26-27-38-41(28-29)49-40-25-15-24-39(44(38)40)43-32-18-9-13-22-36(32)46(48(4,5)6)37-23-14-10-19-33(37)43/h7-28H,1-6H3. The van der Waals surface area contributed by atoms with Crippen LogP contribution in [0.3, 0.4) is 0 Å². The van der Waals surface area contributed by atoms with Crippen LogP contribution in [0, 0.1) is 0 Å². The fraction of sp³-hybridized carbons (Fsp3) is 0.167. The molecule has 0 amide bonds. The zero-order valence-corrected chi connectivity index (χ0v) is 29.9. The van der Waals surface area contributed by atoms with E-state index in [9.17, 15) is 0 Å². The van der Waals surface area contributed by atoms with Crippen molar-refractivity contribution in [3.8, 4) is 22.3 Å².